The maximum Gasteiger partial charge on any atom is 0.223 e. The first-order valence-corrected chi connectivity index (χ1v) is 11.9. The normalized spacial score (nSPS) is 15.2. The molecule has 1 aromatic heterocycles. The second-order valence-electron chi connectivity index (χ2n) is 8.04. The minimum Gasteiger partial charge on any atom is -0.356 e. The summed E-state index contributed by atoms with van der Waals surface area (Å²) in [6.07, 6.45) is 6.94. The molecule has 6 nitrogen and oxygen atoms in total. The Kier molecular flexibility index (Phi) is 8.87. The largest absolute Gasteiger partial charge is 0.356 e. The van der Waals surface area contributed by atoms with Gasteiger partial charge in [0.1, 0.15) is 0 Å². The number of halogens is 1. The van der Waals surface area contributed by atoms with E-state index in [0.29, 0.717) is 23.0 Å². The molecule has 1 saturated heterocycles. The van der Waals surface area contributed by atoms with Crippen molar-refractivity contribution >= 4 is 29.7 Å². The Morgan fingerprint density at radius 3 is 2.65 bits per heavy atom. The summed E-state index contributed by atoms with van der Waals surface area (Å²) in [7, 11) is 0. The van der Waals surface area contributed by atoms with Gasteiger partial charge in [-0.15, -0.1) is 6.58 Å². The molecule has 0 atom stereocenters. The number of aromatic nitrogens is 3. The third-order valence-corrected chi connectivity index (χ3v) is 6.39. The Labute approximate surface area is 194 Å². The zero-order valence-electron chi connectivity index (χ0n) is 18.2. The minimum absolute atomic E-state index is 0.105. The van der Waals surface area contributed by atoms with Crippen LogP contribution in [0.3, 0.4) is 0 Å². The summed E-state index contributed by atoms with van der Waals surface area (Å²) in [6.45, 7) is 9.75. The molecular weight excluding hydrogens is 430 g/mol. The lowest BCUT2D eigenvalue weighted by Gasteiger charge is -2.30. The molecule has 31 heavy (non-hydrogen) atoms. The van der Waals surface area contributed by atoms with Crippen molar-refractivity contribution in [3.05, 3.63) is 46.7 Å². The van der Waals surface area contributed by atoms with Gasteiger partial charge in [0.25, 0.3) is 0 Å². The number of hydrogen-bond donors (Lipinski definition) is 1. The summed E-state index contributed by atoms with van der Waals surface area (Å²) in [5.74, 6) is 1.12. The van der Waals surface area contributed by atoms with Gasteiger partial charge in [-0.2, -0.15) is 5.10 Å². The molecular formula is C23H32ClN5OS. The maximum absolute atomic E-state index is 12.4. The first-order valence-electron chi connectivity index (χ1n) is 11.1. The molecule has 0 radical (unpaired) electrons. The van der Waals surface area contributed by atoms with Gasteiger partial charge in [-0.3, -0.25) is 14.3 Å². The monoisotopic (exact) mass is 461 g/mol. The van der Waals surface area contributed by atoms with Crippen molar-refractivity contribution in [2.24, 2.45) is 5.92 Å². The molecule has 0 saturated carbocycles. The molecule has 0 aliphatic carbocycles. The number of likely N-dealkylation sites (tertiary alicyclic amines) is 1. The van der Waals surface area contributed by atoms with E-state index in [-0.39, 0.29) is 11.8 Å². The molecule has 0 bridgehead atoms. The molecule has 2 aromatic rings. The predicted molar refractivity (Wildman–Crippen MR) is 129 cm³/mol. The Bertz CT molecular complexity index is 928. The fraction of sp³-hybridized carbons (Fsp3) is 0.522. The molecule has 1 fully saturated rings. The van der Waals surface area contributed by atoms with Gasteiger partial charge in [0.2, 0.25) is 5.91 Å². The smallest absolute Gasteiger partial charge is 0.223 e. The molecule has 2 heterocycles. The first kappa shape index (κ1) is 23.7. The molecule has 168 valence electrons. The number of piperidine rings is 1. The maximum atomic E-state index is 12.4. The van der Waals surface area contributed by atoms with Gasteiger partial charge in [0.15, 0.2) is 10.6 Å². The summed E-state index contributed by atoms with van der Waals surface area (Å²) in [4.78, 5) is 14.7. The fourth-order valence-electron chi connectivity index (χ4n) is 3.90. The molecule has 0 unspecified atom stereocenters. The molecule has 0 spiro atoms. The van der Waals surface area contributed by atoms with Gasteiger partial charge < -0.3 is 5.32 Å². The molecule has 1 N–H and O–H groups in total. The van der Waals surface area contributed by atoms with Crippen LogP contribution in [0.2, 0.25) is 5.02 Å². The first-order chi connectivity index (χ1) is 15.0. The van der Waals surface area contributed by atoms with E-state index in [1.165, 1.54) is 6.42 Å². The summed E-state index contributed by atoms with van der Waals surface area (Å²) in [5, 5.41) is 8.58. The Hall–Kier alpha value is -1.96. The summed E-state index contributed by atoms with van der Waals surface area (Å²) in [6, 6.07) is 7.62. The Morgan fingerprint density at radius 2 is 2.00 bits per heavy atom. The van der Waals surface area contributed by atoms with E-state index in [4.69, 9.17) is 28.9 Å². The van der Waals surface area contributed by atoms with Crippen LogP contribution in [-0.4, -0.2) is 44.8 Å². The molecule has 1 aliphatic heterocycles. The quantitative estimate of drug-likeness (QED) is 0.310. The van der Waals surface area contributed by atoms with Crippen LogP contribution in [0.1, 0.15) is 39.0 Å². The second kappa shape index (κ2) is 11.6. The number of unbranched alkanes of at least 4 members (excludes halogenated alkanes) is 2. The van der Waals surface area contributed by atoms with E-state index in [1.54, 1.807) is 0 Å². The van der Waals surface area contributed by atoms with E-state index >= 15 is 0 Å². The fourth-order valence-corrected chi connectivity index (χ4v) is 4.28. The topological polar surface area (TPSA) is 55.1 Å². The lowest BCUT2D eigenvalue weighted by molar-refractivity contribution is -0.126. The van der Waals surface area contributed by atoms with Gasteiger partial charge in [0, 0.05) is 42.7 Å². The summed E-state index contributed by atoms with van der Waals surface area (Å²) >= 11 is 11.7. The third kappa shape index (κ3) is 6.28. The SMILES string of the molecule is C=CCn1c(-c2ccc(Cl)cc2)nn(CN2CCC(C(=O)NCCCCC)CC2)c1=S. The zero-order chi connectivity index (χ0) is 22.2. The highest BCUT2D eigenvalue weighted by Gasteiger charge is 2.25. The van der Waals surface area contributed by atoms with Gasteiger partial charge >= 0.3 is 0 Å². The molecule has 1 aliphatic rings. The van der Waals surface area contributed by atoms with E-state index in [9.17, 15) is 4.79 Å². The average molecular weight is 462 g/mol. The number of benzene rings is 1. The van der Waals surface area contributed by atoms with Crippen LogP contribution in [0.15, 0.2) is 36.9 Å². The van der Waals surface area contributed by atoms with Crippen LogP contribution in [0.5, 0.6) is 0 Å². The number of rotatable bonds is 10. The number of nitrogens with zero attached hydrogens (tertiary/aromatic N) is 4. The van der Waals surface area contributed by atoms with Crippen LogP contribution in [-0.2, 0) is 18.0 Å². The lowest BCUT2D eigenvalue weighted by atomic mass is 9.96. The predicted octanol–water partition coefficient (Wildman–Crippen LogP) is 4.90. The van der Waals surface area contributed by atoms with Crippen LogP contribution >= 0.6 is 23.8 Å². The van der Waals surface area contributed by atoms with Crippen LogP contribution in [0.25, 0.3) is 11.4 Å². The van der Waals surface area contributed by atoms with E-state index in [1.807, 2.05) is 39.6 Å². The molecule has 3 rings (SSSR count). The summed E-state index contributed by atoms with van der Waals surface area (Å²) in [5.41, 5.74) is 0.967. The number of carbonyl (C=O) groups excluding carboxylic acids is 1. The number of nitrogens with one attached hydrogen (secondary N) is 1. The highest BCUT2D eigenvalue weighted by atomic mass is 35.5. The lowest BCUT2D eigenvalue weighted by Crippen LogP contribution is -2.41. The third-order valence-electron chi connectivity index (χ3n) is 5.71. The van der Waals surface area contributed by atoms with Crippen LogP contribution in [0.4, 0.5) is 0 Å². The number of carbonyl (C=O) groups is 1. The van der Waals surface area contributed by atoms with Crippen LogP contribution < -0.4 is 5.32 Å². The Morgan fingerprint density at radius 1 is 1.29 bits per heavy atom. The highest BCUT2D eigenvalue weighted by molar-refractivity contribution is 7.71. The average Bonchev–Trinajstić information content (AvgIpc) is 3.08. The van der Waals surface area contributed by atoms with E-state index in [0.717, 1.165) is 56.7 Å². The van der Waals surface area contributed by atoms with Crippen molar-refractivity contribution in [1.82, 2.24) is 24.6 Å². The van der Waals surface area contributed by atoms with E-state index < -0.39 is 0 Å². The van der Waals surface area contributed by atoms with Gasteiger partial charge in [-0.25, -0.2) is 4.68 Å². The van der Waals surface area contributed by atoms with E-state index in [2.05, 4.69) is 23.7 Å². The summed E-state index contributed by atoms with van der Waals surface area (Å²) < 4.78 is 4.52. The minimum atomic E-state index is 0.105. The van der Waals surface area contributed by atoms with Crippen molar-refractivity contribution in [3.63, 3.8) is 0 Å². The number of allylic oxidation sites excluding steroid dienone is 1. The van der Waals surface area contributed by atoms with Crippen molar-refractivity contribution in [1.29, 1.82) is 0 Å². The van der Waals surface area contributed by atoms with Crippen molar-refractivity contribution in [2.45, 2.75) is 52.2 Å². The number of hydrogen-bond acceptors (Lipinski definition) is 4. The standard InChI is InChI=1S/C23H32ClN5OS/c1-3-5-6-13-25-22(30)19-11-15-27(16-12-19)17-29-23(31)28(14-4-2)21(26-29)18-7-9-20(24)10-8-18/h4,7-10,19H,2-3,5-6,11-17H2,1H3,(H,25,30). The number of amides is 1. The van der Waals surface area contributed by atoms with Crippen molar-refractivity contribution in [2.75, 3.05) is 19.6 Å². The van der Waals surface area contributed by atoms with Gasteiger partial charge in [-0.1, -0.05) is 37.4 Å². The van der Waals surface area contributed by atoms with Crippen molar-refractivity contribution in [3.8, 4) is 11.4 Å². The zero-order valence-corrected chi connectivity index (χ0v) is 19.8. The Balaban J connectivity index is 1.62. The molecule has 1 amide bonds. The van der Waals surface area contributed by atoms with Gasteiger partial charge in [0.05, 0.1) is 6.67 Å². The van der Waals surface area contributed by atoms with Gasteiger partial charge in [-0.05, 0) is 55.7 Å². The second-order valence-corrected chi connectivity index (χ2v) is 8.85. The van der Waals surface area contributed by atoms with Crippen molar-refractivity contribution < 1.29 is 4.79 Å². The molecule has 1 aromatic carbocycles. The molecule has 8 heteroatoms. The van der Waals surface area contributed by atoms with Crippen LogP contribution in [0, 0.1) is 10.7 Å². The highest BCUT2D eigenvalue weighted by Crippen LogP contribution is 2.22.